The van der Waals surface area contributed by atoms with Gasteiger partial charge in [-0.2, -0.15) is 5.48 Å². The van der Waals surface area contributed by atoms with Crippen LogP contribution in [0.4, 0.5) is 0 Å². The maximum atomic E-state index is 13.0. The van der Waals surface area contributed by atoms with Crippen LogP contribution in [0.15, 0.2) is 30.3 Å². The quantitative estimate of drug-likeness (QED) is 0.781. The van der Waals surface area contributed by atoms with Crippen molar-refractivity contribution in [3.8, 4) is 5.75 Å². The first-order chi connectivity index (χ1) is 12.2. The minimum atomic E-state index is -0.691. The lowest BCUT2D eigenvalue weighted by atomic mass is 9.85. The van der Waals surface area contributed by atoms with Gasteiger partial charge in [-0.15, -0.1) is 0 Å². The number of carbonyl (C=O) groups is 3. The third-order valence-corrected chi connectivity index (χ3v) is 4.31. The number of nitrogens with one attached hydrogen (secondary N) is 2. The smallest absolute Gasteiger partial charge is 0.275 e. The van der Waals surface area contributed by atoms with Crippen molar-refractivity contribution in [1.82, 2.24) is 15.7 Å². The van der Waals surface area contributed by atoms with Crippen LogP contribution in [0.5, 0.6) is 5.75 Å². The van der Waals surface area contributed by atoms with Crippen LogP contribution >= 0.6 is 0 Å². The number of hydrogen-bond acceptors (Lipinski definition) is 4. The Morgan fingerprint density at radius 1 is 1.19 bits per heavy atom. The van der Waals surface area contributed by atoms with Crippen LogP contribution < -0.4 is 15.6 Å². The summed E-state index contributed by atoms with van der Waals surface area (Å²) in [6.45, 7) is 7.52. The molecule has 7 nitrogen and oxygen atoms in total. The first kappa shape index (κ1) is 19.8. The first-order valence-corrected chi connectivity index (χ1v) is 8.79. The number of likely N-dealkylation sites (tertiary alicyclic amines) is 1. The molecular weight excluding hydrogens is 334 g/mol. The Balaban J connectivity index is 2.06. The van der Waals surface area contributed by atoms with E-state index in [1.807, 2.05) is 26.8 Å². The number of hydroxylamine groups is 1. The summed E-state index contributed by atoms with van der Waals surface area (Å²) in [4.78, 5) is 43.9. The SMILES string of the molecule is CC(=O)NC(C(=O)N1CCCC1C(=O)NOc1ccccc1)C(C)(C)C. The molecule has 1 aromatic rings. The van der Waals surface area contributed by atoms with Gasteiger partial charge < -0.3 is 15.1 Å². The van der Waals surface area contributed by atoms with Crippen molar-refractivity contribution in [2.45, 2.75) is 52.6 Å². The molecule has 7 heteroatoms. The van der Waals surface area contributed by atoms with Crippen LogP contribution in [0, 0.1) is 5.41 Å². The molecule has 1 saturated heterocycles. The number of para-hydroxylation sites is 1. The monoisotopic (exact) mass is 361 g/mol. The summed E-state index contributed by atoms with van der Waals surface area (Å²) in [7, 11) is 0. The minimum absolute atomic E-state index is 0.245. The van der Waals surface area contributed by atoms with Gasteiger partial charge in [0.15, 0.2) is 5.75 Å². The topological polar surface area (TPSA) is 87.7 Å². The van der Waals surface area contributed by atoms with Crippen LogP contribution in [0.1, 0.15) is 40.5 Å². The molecular formula is C19H27N3O4. The molecule has 1 heterocycles. The molecule has 3 amide bonds. The Morgan fingerprint density at radius 3 is 2.42 bits per heavy atom. The molecule has 2 N–H and O–H groups in total. The molecule has 0 aromatic heterocycles. The molecule has 0 radical (unpaired) electrons. The van der Waals surface area contributed by atoms with Gasteiger partial charge in [-0.25, -0.2) is 0 Å². The molecule has 26 heavy (non-hydrogen) atoms. The van der Waals surface area contributed by atoms with E-state index >= 15 is 0 Å². The Hall–Kier alpha value is -2.57. The molecule has 1 aliphatic heterocycles. The van der Waals surface area contributed by atoms with Gasteiger partial charge in [0.25, 0.3) is 5.91 Å². The summed E-state index contributed by atoms with van der Waals surface area (Å²) >= 11 is 0. The predicted molar refractivity (Wildman–Crippen MR) is 97.0 cm³/mol. The Bertz CT molecular complexity index is 654. The fourth-order valence-corrected chi connectivity index (χ4v) is 2.99. The molecule has 0 saturated carbocycles. The van der Waals surface area contributed by atoms with Gasteiger partial charge in [0.05, 0.1) is 0 Å². The van der Waals surface area contributed by atoms with E-state index in [1.165, 1.54) is 11.8 Å². The number of nitrogens with zero attached hydrogens (tertiary/aromatic N) is 1. The highest BCUT2D eigenvalue weighted by molar-refractivity contribution is 5.92. The van der Waals surface area contributed by atoms with E-state index in [4.69, 9.17) is 4.84 Å². The van der Waals surface area contributed by atoms with E-state index in [-0.39, 0.29) is 17.7 Å². The average molecular weight is 361 g/mol. The van der Waals surface area contributed by atoms with Crippen molar-refractivity contribution < 1.29 is 19.2 Å². The lowest BCUT2D eigenvalue weighted by molar-refractivity contribution is -0.145. The number of benzene rings is 1. The Morgan fingerprint density at radius 2 is 1.85 bits per heavy atom. The molecule has 2 rings (SSSR count). The molecule has 0 aliphatic carbocycles. The summed E-state index contributed by atoms with van der Waals surface area (Å²) in [6.07, 6.45) is 1.29. The lowest BCUT2D eigenvalue weighted by Gasteiger charge is -2.35. The van der Waals surface area contributed by atoms with E-state index in [0.717, 1.165) is 6.42 Å². The maximum Gasteiger partial charge on any atom is 0.275 e. The van der Waals surface area contributed by atoms with Crippen LogP contribution in [-0.4, -0.2) is 41.2 Å². The van der Waals surface area contributed by atoms with Crippen molar-refractivity contribution in [2.75, 3.05) is 6.54 Å². The van der Waals surface area contributed by atoms with Crippen LogP contribution in [0.2, 0.25) is 0 Å². The maximum absolute atomic E-state index is 13.0. The van der Waals surface area contributed by atoms with Crippen molar-refractivity contribution in [3.63, 3.8) is 0 Å². The molecule has 2 atom stereocenters. The van der Waals surface area contributed by atoms with Gasteiger partial charge in [-0.3, -0.25) is 14.4 Å². The normalized spacial score (nSPS) is 18.2. The number of carbonyl (C=O) groups excluding carboxylic acids is 3. The van der Waals surface area contributed by atoms with Crippen molar-refractivity contribution in [2.24, 2.45) is 5.41 Å². The van der Waals surface area contributed by atoms with E-state index in [0.29, 0.717) is 18.7 Å². The zero-order chi connectivity index (χ0) is 19.3. The average Bonchev–Trinajstić information content (AvgIpc) is 3.06. The second kappa shape index (κ2) is 8.21. The Kier molecular flexibility index (Phi) is 6.23. The molecule has 0 spiro atoms. The Labute approximate surface area is 154 Å². The van der Waals surface area contributed by atoms with Crippen molar-refractivity contribution in [3.05, 3.63) is 30.3 Å². The van der Waals surface area contributed by atoms with Crippen LogP contribution in [0.25, 0.3) is 0 Å². The molecule has 1 aliphatic rings. The van der Waals surface area contributed by atoms with Gasteiger partial charge in [0, 0.05) is 13.5 Å². The minimum Gasteiger partial charge on any atom is -0.379 e. The standard InChI is InChI=1S/C19H27N3O4/c1-13(23)20-16(19(2,3)4)18(25)22-12-8-11-15(22)17(24)21-26-14-9-6-5-7-10-14/h5-7,9-10,15-16H,8,11-12H2,1-4H3,(H,20,23)(H,21,24). The number of amides is 3. The summed E-state index contributed by atoms with van der Waals surface area (Å²) in [5.41, 5.74) is 1.96. The third kappa shape index (κ3) is 4.97. The van der Waals surface area contributed by atoms with E-state index in [2.05, 4.69) is 10.8 Å². The van der Waals surface area contributed by atoms with Gasteiger partial charge in [0.1, 0.15) is 12.1 Å². The summed E-state index contributed by atoms with van der Waals surface area (Å²) in [5, 5.41) is 2.72. The third-order valence-electron chi connectivity index (χ3n) is 4.31. The molecule has 1 fully saturated rings. The van der Waals surface area contributed by atoms with Crippen molar-refractivity contribution in [1.29, 1.82) is 0 Å². The summed E-state index contributed by atoms with van der Waals surface area (Å²) in [6, 6.07) is 7.60. The van der Waals surface area contributed by atoms with E-state index < -0.39 is 17.5 Å². The fraction of sp³-hybridized carbons (Fsp3) is 0.526. The molecule has 0 bridgehead atoms. The second-order valence-electron chi connectivity index (χ2n) is 7.57. The predicted octanol–water partition coefficient (Wildman–Crippen LogP) is 1.64. The second-order valence-corrected chi connectivity index (χ2v) is 7.57. The number of hydrogen-bond donors (Lipinski definition) is 2. The van der Waals surface area contributed by atoms with Crippen LogP contribution in [-0.2, 0) is 14.4 Å². The molecule has 1 aromatic carbocycles. The fourth-order valence-electron chi connectivity index (χ4n) is 2.99. The van der Waals surface area contributed by atoms with E-state index in [9.17, 15) is 14.4 Å². The zero-order valence-electron chi connectivity index (χ0n) is 15.7. The van der Waals surface area contributed by atoms with Crippen molar-refractivity contribution >= 4 is 17.7 Å². The van der Waals surface area contributed by atoms with Gasteiger partial charge in [-0.1, -0.05) is 39.0 Å². The lowest BCUT2D eigenvalue weighted by Crippen LogP contribution is -2.57. The largest absolute Gasteiger partial charge is 0.379 e. The summed E-state index contributed by atoms with van der Waals surface area (Å²) in [5.74, 6) is -0.367. The van der Waals surface area contributed by atoms with Crippen LogP contribution in [0.3, 0.4) is 0 Å². The van der Waals surface area contributed by atoms with Gasteiger partial charge in [0.2, 0.25) is 11.8 Å². The highest BCUT2D eigenvalue weighted by atomic mass is 16.7. The molecule has 2 unspecified atom stereocenters. The van der Waals surface area contributed by atoms with Gasteiger partial charge >= 0.3 is 0 Å². The van der Waals surface area contributed by atoms with Gasteiger partial charge in [-0.05, 0) is 30.4 Å². The van der Waals surface area contributed by atoms with E-state index in [1.54, 1.807) is 24.3 Å². The molecule has 142 valence electrons. The first-order valence-electron chi connectivity index (χ1n) is 8.79. The zero-order valence-corrected chi connectivity index (χ0v) is 15.7. The number of rotatable bonds is 5. The highest BCUT2D eigenvalue weighted by Crippen LogP contribution is 2.26. The highest BCUT2D eigenvalue weighted by Gasteiger charge is 2.41. The summed E-state index contributed by atoms with van der Waals surface area (Å²) < 4.78 is 0.